The molecule has 4 heterocycles. The molecule has 1 aromatic carbocycles. The molecule has 2 atom stereocenters. The van der Waals surface area contributed by atoms with E-state index >= 15 is 0 Å². The van der Waals surface area contributed by atoms with Crippen molar-refractivity contribution < 1.29 is 9.47 Å². The minimum absolute atomic E-state index is 0.142. The highest BCUT2D eigenvalue weighted by Crippen LogP contribution is 2.29. The van der Waals surface area contributed by atoms with Gasteiger partial charge in [-0.05, 0) is 26.0 Å². The third-order valence-electron chi connectivity index (χ3n) is 5.61. The number of aromatic nitrogens is 3. The average molecular weight is 406 g/mol. The maximum Gasteiger partial charge on any atom is 0.229 e. The number of pyridine rings is 1. The van der Waals surface area contributed by atoms with E-state index in [-0.39, 0.29) is 12.2 Å². The summed E-state index contributed by atoms with van der Waals surface area (Å²) < 4.78 is 11.5. The third kappa shape index (κ3) is 3.82. The highest BCUT2D eigenvalue weighted by molar-refractivity contribution is 5.89. The number of hydrogen-bond donors (Lipinski definition) is 0. The molecule has 3 aromatic rings. The second-order valence-corrected chi connectivity index (χ2v) is 8.04. The molecule has 7 heteroatoms. The molecule has 2 fully saturated rings. The van der Waals surface area contributed by atoms with E-state index in [1.807, 2.05) is 18.2 Å². The minimum atomic E-state index is 0.142. The van der Waals surface area contributed by atoms with Crippen molar-refractivity contribution in [1.29, 1.82) is 0 Å². The van der Waals surface area contributed by atoms with Gasteiger partial charge in [-0.1, -0.05) is 30.3 Å². The van der Waals surface area contributed by atoms with E-state index in [0.717, 1.165) is 60.2 Å². The van der Waals surface area contributed by atoms with Gasteiger partial charge in [-0.25, -0.2) is 4.98 Å². The number of benzene rings is 1. The van der Waals surface area contributed by atoms with Crippen molar-refractivity contribution >= 4 is 22.8 Å². The molecule has 30 heavy (non-hydrogen) atoms. The number of rotatable bonds is 3. The first-order chi connectivity index (χ1) is 14.7. The Morgan fingerprint density at radius 2 is 1.57 bits per heavy atom. The molecule has 156 valence electrons. The summed E-state index contributed by atoms with van der Waals surface area (Å²) in [6, 6.07) is 14.4. The zero-order chi connectivity index (χ0) is 20.5. The Kier molecular flexibility index (Phi) is 5.23. The number of nitrogens with zero attached hydrogens (tertiary/aromatic N) is 5. The van der Waals surface area contributed by atoms with Crippen molar-refractivity contribution in [2.75, 3.05) is 49.2 Å². The molecule has 0 aliphatic carbocycles. The second kappa shape index (κ2) is 8.16. The smallest absolute Gasteiger partial charge is 0.229 e. The Bertz CT molecular complexity index is 1010. The fourth-order valence-corrected chi connectivity index (χ4v) is 4.25. The van der Waals surface area contributed by atoms with Gasteiger partial charge in [-0.2, -0.15) is 9.97 Å². The monoisotopic (exact) mass is 405 g/mol. The van der Waals surface area contributed by atoms with Crippen LogP contribution < -0.4 is 9.80 Å². The zero-order valence-corrected chi connectivity index (χ0v) is 17.5. The lowest BCUT2D eigenvalue weighted by molar-refractivity contribution is -0.00570. The molecule has 2 aliphatic heterocycles. The Morgan fingerprint density at radius 3 is 2.30 bits per heavy atom. The predicted molar refractivity (Wildman–Crippen MR) is 118 cm³/mol. The average Bonchev–Trinajstić information content (AvgIpc) is 2.78. The largest absolute Gasteiger partial charge is 0.378 e. The van der Waals surface area contributed by atoms with Crippen LogP contribution >= 0.6 is 0 Å². The third-order valence-corrected chi connectivity index (χ3v) is 5.61. The van der Waals surface area contributed by atoms with E-state index < -0.39 is 0 Å². The van der Waals surface area contributed by atoms with Gasteiger partial charge >= 0.3 is 0 Å². The second-order valence-electron chi connectivity index (χ2n) is 8.04. The van der Waals surface area contributed by atoms with E-state index in [0.29, 0.717) is 13.2 Å². The van der Waals surface area contributed by atoms with E-state index in [1.54, 1.807) is 0 Å². The maximum absolute atomic E-state index is 5.91. The molecule has 0 radical (unpaired) electrons. The molecule has 2 unspecified atom stereocenters. The van der Waals surface area contributed by atoms with Crippen LogP contribution in [0.15, 0.2) is 42.5 Å². The highest BCUT2D eigenvalue weighted by atomic mass is 16.5. The Balaban J connectivity index is 1.62. The molecule has 2 aromatic heterocycles. The summed E-state index contributed by atoms with van der Waals surface area (Å²) in [5.41, 5.74) is 2.74. The van der Waals surface area contributed by atoms with Crippen molar-refractivity contribution in [2.24, 2.45) is 0 Å². The number of hydrogen-bond acceptors (Lipinski definition) is 7. The lowest BCUT2D eigenvalue weighted by atomic mass is 10.1. The summed E-state index contributed by atoms with van der Waals surface area (Å²) in [5, 5.41) is 0.981. The van der Waals surface area contributed by atoms with Crippen molar-refractivity contribution in [3.05, 3.63) is 42.5 Å². The molecule has 0 N–H and O–H groups in total. The Labute approximate surface area is 176 Å². The van der Waals surface area contributed by atoms with Gasteiger partial charge in [0.2, 0.25) is 5.95 Å². The normalized spacial score (nSPS) is 22.5. The molecular formula is C23H27N5O2. The number of anilines is 2. The summed E-state index contributed by atoms with van der Waals surface area (Å²) in [6.45, 7) is 8.80. The summed E-state index contributed by atoms with van der Waals surface area (Å²) in [4.78, 5) is 19.3. The van der Waals surface area contributed by atoms with Gasteiger partial charge in [0.15, 0.2) is 5.65 Å². The molecule has 0 bridgehead atoms. The number of ether oxygens (including phenoxy) is 2. The van der Waals surface area contributed by atoms with Crippen molar-refractivity contribution in [3.63, 3.8) is 0 Å². The molecule has 0 saturated carbocycles. The van der Waals surface area contributed by atoms with Crippen molar-refractivity contribution in [2.45, 2.75) is 26.1 Å². The minimum Gasteiger partial charge on any atom is -0.378 e. The van der Waals surface area contributed by atoms with Crippen LogP contribution in [0.1, 0.15) is 13.8 Å². The zero-order valence-electron chi connectivity index (χ0n) is 17.5. The van der Waals surface area contributed by atoms with Gasteiger partial charge in [-0.3, -0.25) is 0 Å². The van der Waals surface area contributed by atoms with Gasteiger partial charge in [0.05, 0.1) is 36.5 Å². The quantitative estimate of drug-likeness (QED) is 0.663. The first-order valence-electron chi connectivity index (χ1n) is 10.6. The lowest BCUT2D eigenvalue weighted by Crippen LogP contribution is -2.46. The summed E-state index contributed by atoms with van der Waals surface area (Å²) in [6.07, 6.45) is 0.284. The standard InChI is InChI=1S/C23H27N5O2/c1-16-14-28(15-17(2)30-16)23-25-21-19(22(26-23)27-10-12-29-13-11-27)8-9-20(24-21)18-6-4-3-5-7-18/h3-9,16-17H,10-15H2,1-2H3. The van der Waals surface area contributed by atoms with Crippen LogP contribution in [0.2, 0.25) is 0 Å². The molecule has 7 nitrogen and oxygen atoms in total. The van der Waals surface area contributed by atoms with Crippen molar-refractivity contribution in [1.82, 2.24) is 15.0 Å². The van der Waals surface area contributed by atoms with Crippen LogP contribution in [0.3, 0.4) is 0 Å². The topological polar surface area (TPSA) is 63.6 Å². The SMILES string of the molecule is CC1CN(c2nc(N3CCOCC3)c3ccc(-c4ccccc4)nc3n2)CC(C)O1. The van der Waals surface area contributed by atoms with Crippen LogP contribution in [-0.4, -0.2) is 66.6 Å². The summed E-state index contributed by atoms with van der Waals surface area (Å²) >= 11 is 0. The van der Waals surface area contributed by atoms with E-state index in [1.165, 1.54) is 0 Å². The summed E-state index contributed by atoms with van der Waals surface area (Å²) in [7, 11) is 0. The van der Waals surface area contributed by atoms with Crippen molar-refractivity contribution in [3.8, 4) is 11.3 Å². The lowest BCUT2D eigenvalue weighted by Gasteiger charge is -2.36. The molecular weight excluding hydrogens is 378 g/mol. The van der Waals surface area contributed by atoms with E-state index in [4.69, 9.17) is 24.4 Å². The van der Waals surface area contributed by atoms with Gasteiger partial charge < -0.3 is 19.3 Å². The molecule has 5 rings (SSSR count). The number of morpholine rings is 2. The number of fused-ring (bicyclic) bond motifs is 1. The van der Waals surface area contributed by atoms with Crippen LogP contribution in [0, 0.1) is 0 Å². The molecule has 2 aliphatic rings. The summed E-state index contributed by atoms with van der Waals surface area (Å²) in [5.74, 6) is 1.67. The van der Waals surface area contributed by atoms with Gasteiger partial charge in [0, 0.05) is 31.7 Å². The maximum atomic E-state index is 5.91. The van der Waals surface area contributed by atoms with E-state index in [9.17, 15) is 0 Å². The predicted octanol–water partition coefficient (Wildman–Crippen LogP) is 3.14. The Hall–Kier alpha value is -2.77. The van der Waals surface area contributed by atoms with Gasteiger partial charge in [0.1, 0.15) is 5.82 Å². The van der Waals surface area contributed by atoms with Crippen LogP contribution in [0.5, 0.6) is 0 Å². The van der Waals surface area contributed by atoms with E-state index in [2.05, 4.69) is 47.9 Å². The fourth-order valence-electron chi connectivity index (χ4n) is 4.25. The van der Waals surface area contributed by atoms with Gasteiger partial charge in [0.25, 0.3) is 0 Å². The van der Waals surface area contributed by atoms with Crippen LogP contribution in [0.25, 0.3) is 22.3 Å². The first kappa shape index (κ1) is 19.2. The Morgan fingerprint density at radius 1 is 0.833 bits per heavy atom. The van der Waals surface area contributed by atoms with Crippen LogP contribution in [0.4, 0.5) is 11.8 Å². The van der Waals surface area contributed by atoms with Gasteiger partial charge in [-0.15, -0.1) is 0 Å². The molecule has 2 saturated heterocycles. The van der Waals surface area contributed by atoms with Crippen LogP contribution in [-0.2, 0) is 9.47 Å². The molecule has 0 spiro atoms. The molecule has 0 amide bonds. The highest BCUT2D eigenvalue weighted by Gasteiger charge is 2.26. The fraction of sp³-hybridized carbons (Fsp3) is 0.435. The first-order valence-corrected chi connectivity index (χ1v) is 10.6.